The molecule has 1 atom stereocenters. The monoisotopic (exact) mass is 341 g/mol. The number of rotatable bonds is 8. The van der Waals surface area contributed by atoms with Crippen LogP contribution in [0, 0.1) is 6.92 Å². The van der Waals surface area contributed by atoms with Crippen LogP contribution in [0.1, 0.15) is 34.3 Å². The number of methoxy groups -OCH3 is 1. The van der Waals surface area contributed by atoms with Gasteiger partial charge in [-0.1, -0.05) is 30.3 Å². The van der Waals surface area contributed by atoms with E-state index in [4.69, 9.17) is 9.84 Å². The predicted octanol–water partition coefficient (Wildman–Crippen LogP) is 3.21. The molecule has 1 unspecified atom stereocenters. The lowest BCUT2D eigenvalue weighted by atomic mass is 10.0. The van der Waals surface area contributed by atoms with Crippen molar-refractivity contribution in [2.75, 3.05) is 7.11 Å². The second kappa shape index (κ2) is 8.87. The van der Waals surface area contributed by atoms with Crippen LogP contribution in [0.2, 0.25) is 0 Å². The Labute approximate surface area is 147 Å². The minimum absolute atomic E-state index is 0.0133. The Morgan fingerprint density at radius 2 is 1.88 bits per heavy atom. The van der Waals surface area contributed by atoms with Gasteiger partial charge in [-0.15, -0.1) is 0 Å². The summed E-state index contributed by atoms with van der Waals surface area (Å²) in [5, 5.41) is 11.9. The molecule has 0 saturated heterocycles. The Kier molecular flexibility index (Phi) is 6.57. The summed E-state index contributed by atoms with van der Waals surface area (Å²) in [6.07, 6.45) is 0.986. The van der Waals surface area contributed by atoms with Crippen molar-refractivity contribution in [3.05, 3.63) is 65.2 Å². The molecule has 0 bridgehead atoms. The number of hydrogen-bond acceptors (Lipinski definition) is 3. The number of amides is 1. The van der Waals surface area contributed by atoms with Crippen molar-refractivity contribution in [2.45, 2.75) is 32.2 Å². The Morgan fingerprint density at radius 1 is 1.16 bits per heavy atom. The van der Waals surface area contributed by atoms with E-state index in [9.17, 15) is 9.59 Å². The van der Waals surface area contributed by atoms with Crippen LogP contribution in [0.3, 0.4) is 0 Å². The van der Waals surface area contributed by atoms with Gasteiger partial charge in [-0.25, -0.2) is 0 Å². The number of aliphatic carboxylic acids is 1. The van der Waals surface area contributed by atoms with Crippen LogP contribution < -0.4 is 10.1 Å². The van der Waals surface area contributed by atoms with Crippen LogP contribution in [0.5, 0.6) is 5.75 Å². The quantitative estimate of drug-likeness (QED) is 0.773. The average molecular weight is 341 g/mol. The molecule has 132 valence electrons. The molecule has 0 radical (unpaired) electrons. The summed E-state index contributed by atoms with van der Waals surface area (Å²) >= 11 is 0. The highest BCUT2D eigenvalue weighted by atomic mass is 16.5. The number of aryl methyl sites for hydroxylation is 1. The molecule has 2 aromatic carbocycles. The third-order valence-corrected chi connectivity index (χ3v) is 4.05. The van der Waals surface area contributed by atoms with E-state index in [1.54, 1.807) is 25.3 Å². The highest BCUT2D eigenvalue weighted by Crippen LogP contribution is 2.17. The van der Waals surface area contributed by atoms with Gasteiger partial charge in [0.2, 0.25) is 0 Å². The summed E-state index contributed by atoms with van der Waals surface area (Å²) in [6, 6.07) is 14.8. The summed E-state index contributed by atoms with van der Waals surface area (Å²) in [4.78, 5) is 23.5. The van der Waals surface area contributed by atoms with Crippen molar-refractivity contribution >= 4 is 11.9 Å². The van der Waals surface area contributed by atoms with Gasteiger partial charge in [-0.3, -0.25) is 9.59 Å². The molecule has 2 rings (SSSR count). The Balaban J connectivity index is 2.11. The second-order valence-corrected chi connectivity index (χ2v) is 5.97. The summed E-state index contributed by atoms with van der Waals surface area (Å²) in [5.74, 6) is -0.375. The third-order valence-electron chi connectivity index (χ3n) is 4.05. The van der Waals surface area contributed by atoms with Crippen LogP contribution in [-0.2, 0) is 11.2 Å². The van der Waals surface area contributed by atoms with Crippen LogP contribution in [0.15, 0.2) is 48.5 Å². The lowest BCUT2D eigenvalue weighted by molar-refractivity contribution is -0.137. The van der Waals surface area contributed by atoms with Crippen molar-refractivity contribution in [3.63, 3.8) is 0 Å². The van der Waals surface area contributed by atoms with Crippen LogP contribution >= 0.6 is 0 Å². The highest BCUT2D eigenvalue weighted by molar-refractivity contribution is 5.96. The van der Waals surface area contributed by atoms with Gasteiger partial charge in [0.15, 0.2) is 0 Å². The van der Waals surface area contributed by atoms with E-state index in [2.05, 4.69) is 5.32 Å². The van der Waals surface area contributed by atoms with E-state index in [1.165, 1.54) is 0 Å². The summed E-state index contributed by atoms with van der Waals surface area (Å²) < 4.78 is 5.16. The van der Waals surface area contributed by atoms with Gasteiger partial charge in [0.1, 0.15) is 5.75 Å². The number of benzene rings is 2. The first kappa shape index (κ1) is 18.5. The molecule has 0 heterocycles. The molecule has 2 N–H and O–H groups in total. The van der Waals surface area contributed by atoms with Gasteiger partial charge < -0.3 is 15.2 Å². The molecular weight excluding hydrogens is 318 g/mol. The first-order chi connectivity index (χ1) is 12.0. The fourth-order valence-corrected chi connectivity index (χ4v) is 2.70. The topological polar surface area (TPSA) is 75.6 Å². The summed E-state index contributed by atoms with van der Waals surface area (Å²) in [6.45, 7) is 1.85. The number of ether oxygens (including phenoxy) is 1. The van der Waals surface area contributed by atoms with E-state index >= 15 is 0 Å². The van der Waals surface area contributed by atoms with E-state index in [0.717, 1.165) is 11.1 Å². The highest BCUT2D eigenvalue weighted by Gasteiger charge is 2.17. The zero-order valence-corrected chi connectivity index (χ0v) is 14.5. The first-order valence-electron chi connectivity index (χ1n) is 8.21. The number of carbonyl (C=O) groups excluding carboxylic acids is 1. The largest absolute Gasteiger partial charge is 0.497 e. The smallest absolute Gasteiger partial charge is 0.303 e. The number of carbonyl (C=O) groups is 2. The molecule has 0 aliphatic heterocycles. The standard InChI is InChI=1S/C20H23NO4/c1-14-12-17(25-2)9-10-18(14)20(24)21-16(8-11-19(22)23)13-15-6-4-3-5-7-15/h3-7,9-10,12,16H,8,11,13H2,1-2H3,(H,21,24)(H,22,23). The number of hydrogen-bond donors (Lipinski definition) is 2. The molecule has 2 aromatic rings. The zero-order valence-electron chi connectivity index (χ0n) is 14.5. The lowest BCUT2D eigenvalue weighted by Crippen LogP contribution is -2.37. The van der Waals surface area contributed by atoms with E-state index in [0.29, 0.717) is 24.2 Å². The molecule has 0 saturated carbocycles. The molecular formula is C20H23NO4. The molecule has 1 amide bonds. The molecule has 25 heavy (non-hydrogen) atoms. The van der Waals surface area contributed by atoms with Gasteiger partial charge in [0, 0.05) is 18.0 Å². The Morgan fingerprint density at radius 3 is 2.48 bits per heavy atom. The summed E-state index contributed by atoms with van der Waals surface area (Å²) in [7, 11) is 1.58. The lowest BCUT2D eigenvalue weighted by Gasteiger charge is -2.19. The maximum Gasteiger partial charge on any atom is 0.303 e. The van der Waals surface area contributed by atoms with E-state index in [1.807, 2.05) is 37.3 Å². The molecule has 0 aliphatic rings. The van der Waals surface area contributed by atoms with Crippen LogP contribution in [-0.4, -0.2) is 30.1 Å². The fraction of sp³-hybridized carbons (Fsp3) is 0.300. The zero-order chi connectivity index (χ0) is 18.2. The predicted molar refractivity (Wildman–Crippen MR) is 96.0 cm³/mol. The molecule has 0 fully saturated rings. The Hall–Kier alpha value is -2.82. The summed E-state index contributed by atoms with van der Waals surface area (Å²) in [5.41, 5.74) is 2.44. The normalized spacial score (nSPS) is 11.6. The van der Waals surface area contributed by atoms with Crippen molar-refractivity contribution in [1.29, 1.82) is 0 Å². The number of carboxylic acids is 1. The minimum Gasteiger partial charge on any atom is -0.497 e. The molecule has 0 aromatic heterocycles. The van der Waals surface area contributed by atoms with Crippen molar-refractivity contribution < 1.29 is 19.4 Å². The molecule has 5 nitrogen and oxygen atoms in total. The first-order valence-corrected chi connectivity index (χ1v) is 8.21. The van der Waals surface area contributed by atoms with Crippen molar-refractivity contribution in [1.82, 2.24) is 5.32 Å². The molecule has 0 aliphatic carbocycles. The fourth-order valence-electron chi connectivity index (χ4n) is 2.70. The van der Waals surface area contributed by atoms with Crippen molar-refractivity contribution in [2.24, 2.45) is 0 Å². The van der Waals surface area contributed by atoms with Gasteiger partial charge in [-0.2, -0.15) is 0 Å². The van der Waals surface area contributed by atoms with Gasteiger partial charge in [0.25, 0.3) is 5.91 Å². The SMILES string of the molecule is COc1ccc(C(=O)NC(CCC(=O)O)Cc2ccccc2)c(C)c1. The van der Waals surface area contributed by atoms with Gasteiger partial charge >= 0.3 is 5.97 Å². The average Bonchev–Trinajstić information content (AvgIpc) is 2.60. The molecule has 0 spiro atoms. The number of nitrogens with one attached hydrogen (secondary N) is 1. The van der Waals surface area contributed by atoms with Gasteiger partial charge in [0.05, 0.1) is 7.11 Å². The maximum atomic E-state index is 12.6. The third kappa shape index (κ3) is 5.64. The van der Waals surface area contributed by atoms with Crippen LogP contribution in [0.25, 0.3) is 0 Å². The van der Waals surface area contributed by atoms with Crippen LogP contribution in [0.4, 0.5) is 0 Å². The van der Waals surface area contributed by atoms with E-state index < -0.39 is 5.97 Å². The van der Waals surface area contributed by atoms with Gasteiger partial charge in [-0.05, 0) is 49.1 Å². The number of carboxylic acid groups (broad SMARTS) is 1. The van der Waals surface area contributed by atoms with Crippen molar-refractivity contribution in [3.8, 4) is 5.75 Å². The van der Waals surface area contributed by atoms with E-state index in [-0.39, 0.29) is 18.4 Å². The minimum atomic E-state index is -0.868. The molecule has 5 heteroatoms. The Bertz CT molecular complexity index is 728. The maximum absolute atomic E-state index is 12.6. The second-order valence-electron chi connectivity index (χ2n) is 5.97.